The van der Waals surface area contributed by atoms with E-state index in [9.17, 15) is 18.7 Å². The standard InChI is InChI=1S/C16H15FN2O2.C15H11FN2O2/c1-3-4-9-21-15-10-14(18-11-19-15)16(2,20)12-7-5-6-8-13(12)17;1-2-3-8-20-14-9-13(17-10-18-14)15(19)11-6-4-5-7-12(11)16/h5-8,10-11,20H,9H2,1-2H3;4-7,9-10H,8H2,1H3. The van der Waals surface area contributed by atoms with Crippen LogP contribution in [-0.2, 0) is 5.60 Å². The van der Waals surface area contributed by atoms with Crippen LogP contribution < -0.4 is 9.47 Å². The van der Waals surface area contributed by atoms with Crippen LogP contribution in [0.4, 0.5) is 8.78 Å². The molecular weight excluding hydrogens is 530 g/mol. The maximum absolute atomic E-state index is 13.9. The van der Waals surface area contributed by atoms with Gasteiger partial charge in [-0.1, -0.05) is 42.2 Å². The van der Waals surface area contributed by atoms with Gasteiger partial charge < -0.3 is 14.6 Å². The van der Waals surface area contributed by atoms with Crippen molar-refractivity contribution in [2.75, 3.05) is 13.2 Å². The molecule has 41 heavy (non-hydrogen) atoms. The normalized spacial score (nSPS) is 11.3. The van der Waals surface area contributed by atoms with Gasteiger partial charge in [-0.2, -0.15) is 0 Å². The van der Waals surface area contributed by atoms with Crippen LogP contribution in [0.1, 0.15) is 48.1 Å². The molecule has 2 heterocycles. The maximum atomic E-state index is 13.9. The summed E-state index contributed by atoms with van der Waals surface area (Å²) < 4.78 is 38.0. The Morgan fingerprint density at radius 3 is 2.00 bits per heavy atom. The van der Waals surface area contributed by atoms with Crippen molar-refractivity contribution < 1.29 is 28.2 Å². The molecule has 4 aromatic rings. The average Bonchev–Trinajstić information content (AvgIpc) is 2.98. The van der Waals surface area contributed by atoms with E-state index in [1.807, 2.05) is 0 Å². The van der Waals surface area contributed by atoms with Gasteiger partial charge in [0.1, 0.15) is 35.6 Å². The summed E-state index contributed by atoms with van der Waals surface area (Å²) in [7, 11) is 0. The first-order valence-corrected chi connectivity index (χ1v) is 12.2. The zero-order chi connectivity index (χ0) is 29.7. The molecule has 2 aromatic carbocycles. The second-order valence-electron chi connectivity index (χ2n) is 8.27. The number of benzene rings is 2. The fraction of sp³-hybridized carbons (Fsp3) is 0.194. The Hall–Kier alpha value is -5.19. The molecule has 208 valence electrons. The Labute approximate surface area is 236 Å². The van der Waals surface area contributed by atoms with Crippen LogP contribution in [0, 0.1) is 35.3 Å². The molecule has 2 aromatic heterocycles. The summed E-state index contributed by atoms with van der Waals surface area (Å²) in [4.78, 5) is 27.8. The van der Waals surface area contributed by atoms with Crippen molar-refractivity contribution in [3.05, 3.63) is 107 Å². The summed E-state index contributed by atoms with van der Waals surface area (Å²) in [6, 6.07) is 14.6. The summed E-state index contributed by atoms with van der Waals surface area (Å²) in [5.74, 6) is 9.72. The zero-order valence-corrected chi connectivity index (χ0v) is 22.6. The van der Waals surface area contributed by atoms with Gasteiger partial charge in [-0.25, -0.2) is 28.7 Å². The minimum absolute atomic E-state index is 0.0366. The molecule has 0 spiro atoms. The number of rotatable bonds is 8. The lowest BCUT2D eigenvalue weighted by Crippen LogP contribution is -2.25. The van der Waals surface area contributed by atoms with Crippen molar-refractivity contribution in [1.82, 2.24) is 19.9 Å². The lowest BCUT2D eigenvalue weighted by atomic mass is 9.92. The van der Waals surface area contributed by atoms with Crippen molar-refractivity contribution in [1.29, 1.82) is 0 Å². The largest absolute Gasteiger partial charge is 0.464 e. The van der Waals surface area contributed by atoms with Gasteiger partial charge in [0.05, 0.1) is 11.3 Å². The first-order valence-electron chi connectivity index (χ1n) is 12.2. The van der Waals surface area contributed by atoms with Gasteiger partial charge >= 0.3 is 0 Å². The Bertz CT molecular complexity index is 1620. The fourth-order valence-electron chi connectivity index (χ4n) is 3.37. The molecule has 0 aliphatic heterocycles. The summed E-state index contributed by atoms with van der Waals surface area (Å²) in [6.45, 7) is 5.23. The van der Waals surface area contributed by atoms with Gasteiger partial charge in [-0.3, -0.25) is 4.79 Å². The van der Waals surface area contributed by atoms with Crippen molar-refractivity contribution in [3.63, 3.8) is 0 Å². The zero-order valence-electron chi connectivity index (χ0n) is 22.6. The van der Waals surface area contributed by atoms with Crippen LogP contribution >= 0.6 is 0 Å². The summed E-state index contributed by atoms with van der Waals surface area (Å²) in [6.07, 6.45) is 2.46. The number of hydrogen-bond acceptors (Lipinski definition) is 8. The number of aromatic nitrogens is 4. The number of halogens is 2. The molecule has 8 nitrogen and oxygen atoms in total. The Morgan fingerprint density at radius 2 is 1.39 bits per heavy atom. The summed E-state index contributed by atoms with van der Waals surface area (Å²) in [5, 5.41) is 10.6. The molecule has 10 heteroatoms. The van der Waals surface area contributed by atoms with Crippen LogP contribution in [0.15, 0.2) is 73.3 Å². The third kappa shape index (κ3) is 8.40. The molecule has 1 atom stereocenters. The van der Waals surface area contributed by atoms with E-state index in [1.54, 1.807) is 32.0 Å². The van der Waals surface area contributed by atoms with E-state index in [2.05, 4.69) is 43.6 Å². The van der Waals surface area contributed by atoms with E-state index in [-0.39, 0.29) is 47.5 Å². The molecule has 1 unspecified atom stereocenters. The molecule has 0 saturated carbocycles. The highest BCUT2D eigenvalue weighted by Gasteiger charge is 2.30. The molecular formula is C31H26F2N4O4. The average molecular weight is 557 g/mol. The Morgan fingerprint density at radius 1 is 0.829 bits per heavy atom. The highest BCUT2D eigenvalue weighted by Crippen LogP contribution is 2.30. The molecule has 1 N–H and O–H groups in total. The number of nitrogens with zero attached hydrogens (tertiary/aromatic N) is 4. The highest BCUT2D eigenvalue weighted by atomic mass is 19.1. The van der Waals surface area contributed by atoms with E-state index in [1.165, 1.54) is 62.0 Å². The van der Waals surface area contributed by atoms with Gasteiger partial charge in [0.15, 0.2) is 13.2 Å². The van der Waals surface area contributed by atoms with Crippen molar-refractivity contribution >= 4 is 5.78 Å². The van der Waals surface area contributed by atoms with Crippen LogP contribution in [-0.4, -0.2) is 44.0 Å². The summed E-state index contributed by atoms with van der Waals surface area (Å²) >= 11 is 0. The smallest absolute Gasteiger partial charge is 0.218 e. The summed E-state index contributed by atoms with van der Waals surface area (Å²) in [5.41, 5.74) is -1.15. The molecule has 0 saturated heterocycles. The lowest BCUT2D eigenvalue weighted by Gasteiger charge is -2.23. The predicted molar refractivity (Wildman–Crippen MR) is 147 cm³/mol. The number of aliphatic hydroxyl groups is 1. The third-order valence-corrected chi connectivity index (χ3v) is 5.47. The Kier molecular flexibility index (Phi) is 11.0. The van der Waals surface area contributed by atoms with E-state index >= 15 is 0 Å². The monoisotopic (exact) mass is 556 g/mol. The quantitative estimate of drug-likeness (QED) is 0.249. The molecule has 0 aliphatic carbocycles. The number of carbonyl (C=O) groups excluding carboxylic acids is 1. The Balaban J connectivity index is 0.000000226. The maximum Gasteiger partial charge on any atom is 0.218 e. The molecule has 4 rings (SSSR count). The van der Waals surface area contributed by atoms with Gasteiger partial charge in [-0.05, 0) is 39.0 Å². The topological polar surface area (TPSA) is 107 Å². The van der Waals surface area contributed by atoms with Crippen molar-refractivity contribution in [2.24, 2.45) is 0 Å². The van der Waals surface area contributed by atoms with Crippen molar-refractivity contribution in [2.45, 2.75) is 26.4 Å². The van der Waals surface area contributed by atoms with E-state index in [4.69, 9.17) is 9.47 Å². The second kappa shape index (κ2) is 14.8. The number of ketones is 1. The number of ether oxygens (including phenoxy) is 2. The predicted octanol–water partition coefficient (Wildman–Crippen LogP) is 4.52. The lowest BCUT2D eigenvalue weighted by molar-refractivity contribution is 0.0925. The first-order chi connectivity index (χ1) is 19.8. The van der Waals surface area contributed by atoms with E-state index in [0.29, 0.717) is 0 Å². The van der Waals surface area contributed by atoms with E-state index < -0.39 is 23.0 Å². The molecule has 0 amide bonds. The SMILES string of the molecule is CC#CCOc1cc(C(=O)c2ccccc2F)ncn1.CC#CCOc1cc(C(C)(O)c2ccccc2F)ncn1. The van der Waals surface area contributed by atoms with Gasteiger partial charge in [0.2, 0.25) is 17.5 Å². The van der Waals surface area contributed by atoms with Crippen LogP contribution in [0.5, 0.6) is 11.8 Å². The molecule has 0 bridgehead atoms. The van der Waals surface area contributed by atoms with E-state index in [0.717, 1.165) is 0 Å². The van der Waals surface area contributed by atoms with Gasteiger partial charge in [0.25, 0.3) is 0 Å². The fourth-order valence-corrected chi connectivity index (χ4v) is 3.37. The molecule has 0 fully saturated rings. The third-order valence-electron chi connectivity index (χ3n) is 5.47. The van der Waals surface area contributed by atoms with Crippen LogP contribution in [0.25, 0.3) is 0 Å². The van der Waals surface area contributed by atoms with Crippen LogP contribution in [0.3, 0.4) is 0 Å². The highest BCUT2D eigenvalue weighted by molar-refractivity contribution is 6.07. The van der Waals surface area contributed by atoms with Gasteiger partial charge in [0, 0.05) is 17.7 Å². The van der Waals surface area contributed by atoms with Crippen LogP contribution in [0.2, 0.25) is 0 Å². The molecule has 0 radical (unpaired) electrons. The van der Waals surface area contributed by atoms with Crippen molar-refractivity contribution in [3.8, 4) is 35.4 Å². The minimum atomic E-state index is -1.58. The number of hydrogen-bond donors (Lipinski definition) is 1. The molecule has 0 aliphatic rings. The first kappa shape index (κ1) is 30.4. The second-order valence-corrected chi connectivity index (χ2v) is 8.27. The minimum Gasteiger partial charge on any atom is -0.464 e. The number of carbonyl (C=O) groups is 1. The van der Waals surface area contributed by atoms with Gasteiger partial charge in [-0.15, -0.1) is 11.8 Å².